The van der Waals surface area contributed by atoms with Crippen molar-refractivity contribution in [3.63, 3.8) is 0 Å². The van der Waals surface area contributed by atoms with Crippen LogP contribution in [0.15, 0.2) is 29.3 Å². The van der Waals surface area contributed by atoms with Crippen LogP contribution in [-0.2, 0) is 4.79 Å². The number of aliphatic imine (C=N–C) groups is 1. The van der Waals surface area contributed by atoms with E-state index in [0.717, 1.165) is 0 Å². The van der Waals surface area contributed by atoms with Crippen LogP contribution >= 0.6 is 12.2 Å². The molecule has 0 aromatic heterocycles. The van der Waals surface area contributed by atoms with Gasteiger partial charge in [0.25, 0.3) is 5.91 Å². The summed E-state index contributed by atoms with van der Waals surface area (Å²) < 4.78 is 0. The van der Waals surface area contributed by atoms with Crippen molar-refractivity contribution < 1.29 is 4.79 Å². The molecule has 1 amide bonds. The minimum Gasteiger partial charge on any atom is -0.359 e. The Bertz CT molecular complexity index is 465. The van der Waals surface area contributed by atoms with E-state index in [9.17, 15) is 4.79 Å². The van der Waals surface area contributed by atoms with Gasteiger partial charge in [0.1, 0.15) is 0 Å². The minimum atomic E-state index is -0.659. The summed E-state index contributed by atoms with van der Waals surface area (Å²) in [4.78, 5) is 14.2. The van der Waals surface area contributed by atoms with Crippen LogP contribution in [0, 0.1) is 11.8 Å². The maximum absolute atomic E-state index is 10.4. The van der Waals surface area contributed by atoms with Crippen molar-refractivity contribution >= 4 is 29.0 Å². The third-order valence-electron chi connectivity index (χ3n) is 1.35. The number of rotatable bonds is 1. The number of hydrogen-bond donors (Lipinski definition) is 1. The highest BCUT2D eigenvalue weighted by Crippen LogP contribution is 2.12. The highest BCUT2D eigenvalue weighted by Gasteiger charge is 1.90. The fourth-order valence-electron chi connectivity index (χ4n) is 0.840. The van der Waals surface area contributed by atoms with E-state index in [4.69, 9.17) is 5.73 Å². The second-order valence-corrected chi connectivity index (χ2v) is 2.55. The molecule has 4 heteroatoms. The van der Waals surface area contributed by atoms with E-state index < -0.39 is 5.91 Å². The second-order valence-electron chi connectivity index (χ2n) is 2.37. The van der Waals surface area contributed by atoms with Gasteiger partial charge in [-0.2, -0.15) is 4.99 Å². The summed E-state index contributed by atoms with van der Waals surface area (Å²) in [6.45, 7) is 0. The lowest BCUT2D eigenvalue weighted by Gasteiger charge is -1.91. The largest absolute Gasteiger partial charge is 0.359 e. The van der Waals surface area contributed by atoms with Gasteiger partial charge in [-0.05, 0) is 36.3 Å². The van der Waals surface area contributed by atoms with Gasteiger partial charge in [0.05, 0.1) is 10.8 Å². The van der Waals surface area contributed by atoms with E-state index in [1.807, 2.05) is 0 Å². The summed E-state index contributed by atoms with van der Waals surface area (Å²) in [6, 6.07) is 6.96. The van der Waals surface area contributed by atoms with Gasteiger partial charge in [0.15, 0.2) is 0 Å². The highest BCUT2D eigenvalue weighted by molar-refractivity contribution is 7.78. The number of carbonyl (C=O) groups excluding carboxylic acids is 1. The summed E-state index contributed by atoms with van der Waals surface area (Å²) in [6.07, 6.45) is 0. The van der Waals surface area contributed by atoms with Crippen molar-refractivity contribution in [1.82, 2.24) is 0 Å². The van der Waals surface area contributed by atoms with Gasteiger partial charge < -0.3 is 5.73 Å². The fraction of sp³-hybridized carbons (Fsp3) is 0. The van der Waals surface area contributed by atoms with Crippen LogP contribution in [-0.4, -0.2) is 11.1 Å². The molecule has 68 valence electrons. The van der Waals surface area contributed by atoms with Crippen LogP contribution in [0.1, 0.15) is 5.56 Å². The van der Waals surface area contributed by atoms with Gasteiger partial charge in [-0.25, -0.2) is 0 Å². The van der Waals surface area contributed by atoms with Crippen molar-refractivity contribution in [2.75, 3.05) is 0 Å². The number of benzene rings is 1. The number of nitrogens with two attached hydrogens (primary N) is 1. The maximum Gasteiger partial charge on any atom is 0.293 e. The molecule has 1 rings (SSSR count). The lowest BCUT2D eigenvalue weighted by Crippen LogP contribution is -2.06. The predicted molar refractivity (Wildman–Crippen MR) is 57.2 cm³/mol. The van der Waals surface area contributed by atoms with Gasteiger partial charge in [-0.15, -0.1) is 0 Å². The first kappa shape index (κ1) is 10.1. The quantitative estimate of drug-likeness (QED) is 0.423. The van der Waals surface area contributed by atoms with Crippen molar-refractivity contribution in [3.8, 4) is 11.8 Å². The Labute approximate surface area is 86.6 Å². The first-order valence-electron chi connectivity index (χ1n) is 3.72. The van der Waals surface area contributed by atoms with Gasteiger partial charge >= 0.3 is 0 Å². The number of carbonyl (C=O) groups is 1. The maximum atomic E-state index is 10.4. The molecule has 1 aromatic rings. The van der Waals surface area contributed by atoms with Crippen molar-refractivity contribution in [2.45, 2.75) is 0 Å². The number of primary amides is 1. The molecule has 0 bridgehead atoms. The number of nitrogens with zero attached hydrogens (tertiary/aromatic N) is 1. The first-order valence-corrected chi connectivity index (χ1v) is 4.12. The van der Waals surface area contributed by atoms with Gasteiger partial charge in [0, 0.05) is 5.56 Å². The lowest BCUT2D eigenvalue weighted by atomic mass is 10.2. The monoisotopic (exact) mass is 202 g/mol. The predicted octanol–water partition coefficient (Wildman–Crippen LogP) is 1.26. The van der Waals surface area contributed by atoms with E-state index in [1.54, 1.807) is 24.3 Å². The Morgan fingerprint density at radius 1 is 1.50 bits per heavy atom. The molecule has 14 heavy (non-hydrogen) atoms. The molecule has 0 aliphatic heterocycles. The van der Waals surface area contributed by atoms with Crippen molar-refractivity contribution in [1.29, 1.82) is 0 Å². The van der Waals surface area contributed by atoms with E-state index >= 15 is 0 Å². The van der Waals surface area contributed by atoms with E-state index in [0.29, 0.717) is 11.3 Å². The third-order valence-corrected chi connectivity index (χ3v) is 1.44. The summed E-state index contributed by atoms with van der Waals surface area (Å²) in [5, 5.41) is 2.24. The van der Waals surface area contributed by atoms with Crippen LogP contribution in [0.5, 0.6) is 0 Å². The van der Waals surface area contributed by atoms with E-state index in [-0.39, 0.29) is 0 Å². The summed E-state index contributed by atoms with van der Waals surface area (Å²) in [5.74, 6) is 4.17. The molecule has 0 saturated heterocycles. The van der Waals surface area contributed by atoms with Crippen LogP contribution in [0.4, 0.5) is 5.69 Å². The lowest BCUT2D eigenvalue weighted by molar-refractivity contribution is -0.112. The Balaban J connectivity index is 3.01. The molecular weight excluding hydrogens is 196 g/mol. The third kappa shape index (κ3) is 3.20. The van der Waals surface area contributed by atoms with Crippen molar-refractivity contribution in [2.24, 2.45) is 10.7 Å². The molecule has 0 radical (unpaired) electrons. The highest BCUT2D eigenvalue weighted by atomic mass is 32.1. The molecule has 0 spiro atoms. The molecule has 0 saturated carbocycles. The topological polar surface area (TPSA) is 55.5 Å². The SMILES string of the molecule is NC(=O)C#Cc1cccc(N=C=S)c1. The summed E-state index contributed by atoms with van der Waals surface area (Å²) >= 11 is 4.46. The average molecular weight is 202 g/mol. The van der Waals surface area contributed by atoms with Gasteiger partial charge in [-0.3, -0.25) is 4.79 Å². The Hall–Kier alpha value is -1.95. The van der Waals surface area contributed by atoms with Gasteiger partial charge in [-0.1, -0.05) is 12.0 Å². The molecule has 0 atom stereocenters. The molecule has 1 aromatic carbocycles. The van der Waals surface area contributed by atoms with Crippen LogP contribution in [0.3, 0.4) is 0 Å². The van der Waals surface area contributed by atoms with E-state index in [2.05, 4.69) is 34.2 Å². The number of hydrogen-bond acceptors (Lipinski definition) is 3. The molecule has 2 N–H and O–H groups in total. The summed E-state index contributed by atoms with van der Waals surface area (Å²) in [7, 11) is 0. The molecule has 3 nitrogen and oxygen atoms in total. The Kier molecular flexibility index (Phi) is 3.57. The van der Waals surface area contributed by atoms with Gasteiger partial charge in [0.2, 0.25) is 0 Å². The molecule has 0 unspecified atom stereocenters. The minimum absolute atomic E-state index is 0.649. The molecular formula is C10H6N2OS. The van der Waals surface area contributed by atoms with Crippen LogP contribution in [0.25, 0.3) is 0 Å². The molecule has 0 aliphatic carbocycles. The molecule has 0 aliphatic rings. The Morgan fingerprint density at radius 3 is 2.93 bits per heavy atom. The fourth-order valence-corrected chi connectivity index (χ4v) is 0.945. The summed E-state index contributed by atoms with van der Waals surface area (Å²) in [5.41, 5.74) is 6.18. The zero-order valence-corrected chi connectivity index (χ0v) is 7.97. The molecule has 0 heterocycles. The smallest absolute Gasteiger partial charge is 0.293 e. The average Bonchev–Trinajstić information content (AvgIpc) is 2.16. The number of isothiocyanates is 1. The van der Waals surface area contributed by atoms with Crippen LogP contribution < -0.4 is 5.73 Å². The van der Waals surface area contributed by atoms with Crippen molar-refractivity contribution in [3.05, 3.63) is 29.8 Å². The standard InChI is InChI=1S/C10H6N2OS/c11-10(13)5-4-8-2-1-3-9(6-8)12-7-14/h1-3,6H,(H2,11,13). The van der Waals surface area contributed by atoms with E-state index in [1.165, 1.54) is 0 Å². The first-order chi connectivity index (χ1) is 6.72. The second kappa shape index (κ2) is 4.93. The Morgan fingerprint density at radius 2 is 2.29 bits per heavy atom. The normalized spacial score (nSPS) is 8.00. The molecule has 0 fully saturated rings. The zero-order chi connectivity index (χ0) is 10.4. The number of thiocarbonyl (C=S) groups is 1. The zero-order valence-electron chi connectivity index (χ0n) is 7.15. The number of amides is 1. The van der Waals surface area contributed by atoms with Crippen LogP contribution in [0.2, 0.25) is 0 Å².